The van der Waals surface area contributed by atoms with Crippen molar-refractivity contribution in [3.63, 3.8) is 0 Å². The largest absolute Gasteiger partial charge is 0.433 e. The molecule has 0 aliphatic heterocycles. The van der Waals surface area contributed by atoms with Crippen LogP contribution in [0.15, 0.2) is 12.3 Å². The van der Waals surface area contributed by atoms with Crippen LogP contribution in [-0.4, -0.2) is 20.4 Å². The summed E-state index contributed by atoms with van der Waals surface area (Å²) in [5.74, 6) is 0.318. The summed E-state index contributed by atoms with van der Waals surface area (Å²) in [5.41, 5.74) is 1.30. The van der Waals surface area contributed by atoms with E-state index in [2.05, 4.69) is 36.1 Å². The first-order valence-electron chi connectivity index (χ1n) is 7.65. The van der Waals surface area contributed by atoms with Crippen molar-refractivity contribution < 1.29 is 13.2 Å². The third-order valence-electron chi connectivity index (χ3n) is 6.15. The van der Waals surface area contributed by atoms with Gasteiger partial charge in [0.25, 0.3) is 0 Å². The summed E-state index contributed by atoms with van der Waals surface area (Å²) < 4.78 is 39.2. The predicted octanol–water partition coefficient (Wildman–Crippen LogP) is 4.06. The zero-order chi connectivity index (χ0) is 16.6. The van der Waals surface area contributed by atoms with Gasteiger partial charge in [0, 0.05) is 5.41 Å². The Balaban J connectivity index is 1.86. The second kappa shape index (κ2) is 4.13. The van der Waals surface area contributed by atoms with Crippen LogP contribution in [0.4, 0.5) is 13.2 Å². The third kappa shape index (κ3) is 1.70. The molecule has 2 bridgehead atoms. The number of aromatic nitrogens is 4. The first-order valence-corrected chi connectivity index (χ1v) is 7.65. The minimum atomic E-state index is -4.49. The molecule has 2 aliphatic rings. The second-order valence-electron chi connectivity index (χ2n) is 7.34. The molecule has 1 saturated carbocycles. The molecule has 0 amide bonds. The molecule has 122 valence electrons. The number of halogens is 3. The van der Waals surface area contributed by atoms with E-state index in [-0.39, 0.29) is 22.1 Å². The summed E-state index contributed by atoms with van der Waals surface area (Å²) in [6.45, 7) is 6.61. The van der Waals surface area contributed by atoms with E-state index in [1.807, 2.05) is 5.10 Å². The van der Waals surface area contributed by atoms with Gasteiger partial charge in [0.1, 0.15) is 5.69 Å². The van der Waals surface area contributed by atoms with Crippen molar-refractivity contribution in [3.05, 3.63) is 29.2 Å². The molecule has 4 nitrogen and oxygen atoms in total. The summed E-state index contributed by atoms with van der Waals surface area (Å²) >= 11 is 0. The maximum atomic E-state index is 13.1. The topological polar surface area (TPSA) is 54.5 Å². The Morgan fingerprint density at radius 3 is 2.65 bits per heavy atom. The molecule has 0 radical (unpaired) electrons. The highest BCUT2D eigenvalue weighted by atomic mass is 19.4. The van der Waals surface area contributed by atoms with Gasteiger partial charge in [-0.25, -0.2) is 0 Å². The second-order valence-corrected chi connectivity index (χ2v) is 7.34. The number of nitrogens with one attached hydrogen (secondary N) is 1. The van der Waals surface area contributed by atoms with Gasteiger partial charge in [0.15, 0.2) is 0 Å². The molecule has 23 heavy (non-hydrogen) atoms. The minimum Gasteiger partial charge on any atom is -0.273 e. The molecule has 2 unspecified atom stereocenters. The lowest BCUT2D eigenvalue weighted by atomic mass is 9.70. The number of rotatable bonds is 1. The van der Waals surface area contributed by atoms with Crippen LogP contribution >= 0.6 is 0 Å². The molecule has 1 N–H and O–H groups in total. The Hall–Kier alpha value is -1.92. The Morgan fingerprint density at radius 1 is 1.22 bits per heavy atom. The van der Waals surface area contributed by atoms with Crippen molar-refractivity contribution in [2.75, 3.05) is 0 Å². The fourth-order valence-corrected chi connectivity index (χ4v) is 4.40. The van der Waals surface area contributed by atoms with Crippen LogP contribution in [0.2, 0.25) is 0 Å². The summed E-state index contributed by atoms with van der Waals surface area (Å²) in [4.78, 5) is 0. The molecule has 0 saturated heterocycles. The molecule has 0 spiro atoms. The van der Waals surface area contributed by atoms with Crippen LogP contribution in [0.25, 0.3) is 11.3 Å². The zero-order valence-corrected chi connectivity index (χ0v) is 13.1. The van der Waals surface area contributed by atoms with Gasteiger partial charge >= 0.3 is 6.18 Å². The summed E-state index contributed by atoms with van der Waals surface area (Å²) in [6.07, 6.45) is -1.24. The number of alkyl halides is 3. The van der Waals surface area contributed by atoms with Gasteiger partial charge in [-0.3, -0.25) is 5.10 Å². The van der Waals surface area contributed by atoms with Crippen molar-refractivity contribution in [2.45, 2.75) is 51.1 Å². The van der Waals surface area contributed by atoms with E-state index in [9.17, 15) is 13.2 Å². The lowest BCUT2D eigenvalue weighted by molar-refractivity contribution is -0.140. The van der Waals surface area contributed by atoms with Gasteiger partial charge in [0.05, 0.1) is 23.1 Å². The van der Waals surface area contributed by atoms with E-state index in [4.69, 9.17) is 0 Å². The summed E-state index contributed by atoms with van der Waals surface area (Å²) in [5, 5.41) is 14.0. The zero-order valence-electron chi connectivity index (χ0n) is 13.1. The fraction of sp³-hybridized carbons (Fsp3) is 0.562. The van der Waals surface area contributed by atoms with E-state index >= 15 is 0 Å². The Kier molecular flexibility index (Phi) is 2.63. The highest BCUT2D eigenvalue weighted by molar-refractivity contribution is 5.63. The molecule has 2 aromatic rings. The van der Waals surface area contributed by atoms with Crippen molar-refractivity contribution in [2.24, 2.45) is 5.41 Å². The van der Waals surface area contributed by atoms with Crippen LogP contribution in [0.3, 0.4) is 0 Å². The Bertz CT molecular complexity index is 793. The van der Waals surface area contributed by atoms with E-state index < -0.39 is 11.9 Å². The van der Waals surface area contributed by atoms with Crippen LogP contribution in [-0.2, 0) is 11.6 Å². The smallest absolute Gasteiger partial charge is 0.273 e. The average Bonchev–Trinajstić information content (AvgIpc) is 3.07. The Morgan fingerprint density at radius 2 is 1.96 bits per heavy atom. The number of hydrogen-bond donors (Lipinski definition) is 1. The molecule has 0 aromatic carbocycles. The molecular weight excluding hydrogens is 305 g/mol. The van der Waals surface area contributed by atoms with Crippen molar-refractivity contribution in [3.8, 4) is 11.3 Å². The number of H-pyrrole nitrogens is 1. The number of hydrogen-bond acceptors (Lipinski definition) is 3. The highest BCUT2D eigenvalue weighted by Gasteiger charge is 2.60. The first-order chi connectivity index (χ1) is 10.7. The van der Waals surface area contributed by atoms with Crippen molar-refractivity contribution >= 4 is 0 Å². The van der Waals surface area contributed by atoms with E-state index in [1.54, 1.807) is 6.07 Å². The SMILES string of the molecule is CC12CCC(c3cc(-c4cn[nH]c4C(F)(F)F)nnc31)C2(C)C. The summed E-state index contributed by atoms with van der Waals surface area (Å²) in [7, 11) is 0. The van der Waals surface area contributed by atoms with E-state index in [1.165, 1.54) is 6.20 Å². The van der Waals surface area contributed by atoms with Gasteiger partial charge in [-0.1, -0.05) is 20.8 Å². The standard InChI is InChI=1S/C16H17F3N4/c1-14(2)10-4-5-15(14,3)12-8(10)6-11(21-23-12)9-7-20-22-13(9)16(17,18)19/h6-7,10H,4-5H2,1-3H3,(H,20,22). The third-order valence-corrected chi connectivity index (χ3v) is 6.15. The average molecular weight is 322 g/mol. The lowest BCUT2D eigenvalue weighted by Gasteiger charge is -2.33. The number of nitrogens with zero attached hydrogens (tertiary/aromatic N) is 3. The maximum absolute atomic E-state index is 13.1. The first kappa shape index (κ1) is 14.7. The molecular formula is C16H17F3N4. The fourth-order valence-electron chi connectivity index (χ4n) is 4.40. The van der Waals surface area contributed by atoms with Crippen LogP contribution in [0.5, 0.6) is 0 Å². The monoisotopic (exact) mass is 322 g/mol. The van der Waals surface area contributed by atoms with Gasteiger partial charge in [-0.05, 0) is 35.8 Å². The molecule has 2 atom stereocenters. The Labute approximate surface area is 131 Å². The highest BCUT2D eigenvalue weighted by Crippen LogP contribution is 2.67. The van der Waals surface area contributed by atoms with Gasteiger partial charge in [-0.15, -0.1) is 0 Å². The maximum Gasteiger partial charge on any atom is 0.433 e. The van der Waals surface area contributed by atoms with Crippen LogP contribution in [0.1, 0.15) is 56.5 Å². The van der Waals surface area contributed by atoms with Crippen molar-refractivity contribution in [1.82, 2.24) is 20.4 Å². The van der Waals surface area contributed by atoms with E-state index in [0.29, 0.717) is 5.92 Å². The quantitative estimate of drug-likeness (QED) is 0.861. The summed E-state index contributed by atoms with van der Waals surface area (Å²) in [6, 6.07) is 1.78. The molecule has 7 heteroatoms. The van der Waals surface area contributed by atoms with Crippen LogP contribution < -0.4 is 0 Å². The van der Waals surface area contributed by atoms with E-state index in [0.717, 1.165) is 24.1 Å². The molecule has 2 heterocycles. The lowest BCUT2D eigenvalue weighted by Crippen LogP contribution is -2.32. The number of fused-ring (bicyclic) bond motifs is 5. The molecule has 4 rings (SSSR count). The van der Waals surface area contributed by atoms with Gasteiger partial charge < -0.3 is 0 Å². The molecule has 1 fully saturated rings. The predicted molar refractivity (Wildman–Crippen MR) is 77.7 cm³/mol. The van der Waals surface area contributed by atoms with Gasteiger partial charge in [0.2, 0.25) is 0 Å². The van der Waals surface area contributed by atoms with Crippen LogP contribution in [0, 0.1) is 5.41 Å². The minimum absolute atomic E-state index is 0.0430. The normalized spacial score (nSPS) is 28.2. The molecule has 2 aliphatic carbocycles. The van der Waals surface area contributed by atoms with Gasteiger partial charge in [-0.2, -0.15) is 28.5 Å². The molecule has 2 aromatic heterocycles. The van der Waals surface area contributed by atoms with Crippen molar-refractivity contribution in [1.29, 1.82) is 0 Å². The number of aromatic amines is 1.